The molecule has 1 saturated heterocycles. The van der Waals surface area contributed by atoms with Gasteiger partial charge in [-0.3, -0.25) is 14.5 Å². The number of ketones is 1. The third-order valence-electron chi connectivity index (χ3n) is 5.53. The second-order valence-corrected chi connectivity index (χ2v) is 9.23. The van der Waals surface area contributed by atoms with Crippen molar-refractivity contribution < 1.29 is 19.4 Å². The van der Waals surface area contributed by atoms with Gasteiger partial charge in [-0.1, -0.05) is 35.3 Å². The van der Waals surface area contributed by atoms with Crippen molar-refractivity contribution in [2.75, 3.05) is 39.4 Å². The van der Waals surface area contributed by atoms with Gasteiger partial charge in [0.25, 0.3) is 5.91 Å². The fraction of sp³-hybridized carbons (Fsp3) is 0.364. The summed E-state index contributed by atoms with van der Waals surface area (Å²) < 4.78 is 5.38. The third-order valence-corrected chi connectivity index (χ3v) is 6.96. The Morgan fingerprint density at radius 3 is 2.65 bits per heavy atom. The van der Waals surface area contributed by atoms with E-state index in [2.05, 4.69) is 4.90 Å². The summed E-state index contributed by atoms with van der Waals surface area (Å²) in [4.78, 5) is 30.5. The van der Waals surface area contributed by atoms with Gasteiger partial charge in [-0.15, -0.1) is 11.3 Å². The van der Waals surface area contributed by atoms with Gasteiger partial charge in [0, 0.05) is 36.2 Å². The summed E-state index contributed by atoms with van der Waals surface area (Å²) in [6, 6.07) is 7.63. The van der Waals surface area contributed by atoms with Crippen LogP contribution in [-0.4, -0.2) is 66.0 Å². The predicted molar refractivity (Wildman–Crippen MR) is 121 cm³/mol. The molecule has 2 aromatic rings. The van der Waals surface area contributed by atoms with E-state index in [1.54, 1.807) is 35.7 Å². The molecule has 0 radical (unpaired) electrons. The molecule has 1 N–H and O–H groups in total. The van der Waals surface area contributed by atoms with Crippen LogP contribution in [0.3, 0.4) is 0 Å². The first-order valence-corrected chi connectivity index (χ1v) is 11.7. The minimum absolute atomic E-state index is 0.0584. The summed E-state index contributed by atoms with van der Waals surface area (Å²) in [5, 5.41) is 13.3. The molecule has 1 amide bonds. The molecule has 0 saturated carbocycles. The Hall–Kier alpha value is -1.90. The Morgan fingerprint density at radius 1 is 1.19 bits per heavy atom. The highest BCUT2D eigenvalue weighted by molar-refractivity contribution is 7.12. The number of benzene rings is 1. The van der Waals surface area contributed by atoms with E-state index >= 15 is 0 Å². The summed E-state index contributed by atoms with van der Waals surface area (Å²) in [7, 11) is 0. The summed E-state index contributed by atoms with van der Waals surface area (Å²) >= 11 is 13.8. The minimum atomic E-state index is -0.767. The summed E-state index contributed by atoms with van der Waals surface area (Å²) in [5.74, 6) is -1.44. The Balaban J connectivity index is 1.63. The number of rotatable bonds is 7. The van der Waals surface area contributed by atoms with Crippen LogP contribution in [0.4, 0.5) is 0 Å². The molecule has 1 aromatic carbocycles. The van der Waals surface area contributed by atoms with Crippen LogP contribution >= 0.6 is 34.5 Å². The smallest absolute Gasteiger partial charge is 0.290 e. The fourth-order valence-electron chi connectivity index (χ4n) is 3.99. The average Bonchev–Trinajstić information content (AvgIpc) is 3.38. The molecule has 4 rings (SSSR count). The van der Waals surface area contributed by atoms with E-state index < -0.39 is 17.7 Å². The number of hydrogen-bond acceptors (Lipinski definition) is 6. The summed E-state index contributed by atoms with van der Waals surface area (Å²) in [6.07, 6.45) is 0.696. The molecule has 2 aliphatic heterocycles. The molecule has 1 aromatic heterocycles. The van der Waals surface area contributed by atoms with E-state index in [4.69, 9.17) is 27.9 Å². The number of hydrogen-bond donors (Lipinski definition) is 1. The van der Waals surface area contributed by atoms with Crippen LogP contribution in [0.1, 0.15) is 27.7 Å². The Bertz CT molecular complexity index is 1000. The van der Waals surface area contributed by atoms with Crippen LogP contribution < -0.4 is 0 Å². The van der Waals surface area contributed by atoms with Gasteiger partial charge in [0.15, 0.2) is 5.76 Å². The van der Waals surface area contributed by atoms with E-state index in [9.17, 15) is 14.7 Å². The topological polar surface area (TPSA) is 70.1 Å². The Kier molecular flexibility index (Phi) is 6.99. The standard InChI is InChI=1S/C22H22Cl2N2O4S/c23-14-4-5-15(16(24)13-14)19-18(20(27)17-3-1-12-31-17)21(28)22(29)26(19)7-2-6-25-8-10-30-11-9-25/h1,3-5,12-13,19,28H,2,6-11H2/t19-/m0/s1. The molecule has 0 aliphatic carbocycles. The van der Waals surface area contributed by atoms with Crippen molar-refractivity contribution in [2.24, 2.45) is 0 Å². The monoisotopic (exact) mass is 480 g/mol. The lowest BCUT2D eigenvalue weighted by atomic mass is 9.95. The van der Waals surface area contributed by atoms with Crippen LogP contribution in [0.2, 0.25) is 10.0 Å². The van der Waals surface area contributed by atoms with Crippen molar-refractivity contribution >= 4 is 46.2 Å². The Morgan fingerprint density at radius 2 is 1.97 bits per heavy atom. The number of aliphatic hydroxyl groups excluding tert-OH is 1. The molecule has 1 fully saturated rings. The molecular formula is C22H22Cl2N2O4S. The molecule has 3 heterocycles. The molecule has 2 aliphatic rings. The highest BCUT2D eigenvalue weighted by Crippen LogP contribution is 2.42. The lowest BCUT2D eigenvalue weighted by molar-refractivity contribution is -0.129. The highest BCUT2D eigenvalue weighted by atomic mass is 35.5. The maximum Gasteiger partial charge on any atom is 0.290 e. The van der Waals surface area contributed by atoms with Crippen LogP contribution in [0.15, 0.2) is 47.0 Å². The van der Waals surface area contributed by atoms with E-state index in [0.717, 1.165) is 19.6 Å². The number of nitrogens with zero attached hydrogens (tertiary/aromatic N) is 2. The lowest BCUT2D eigenvalue weighted by Crippen LogP contribution is -2.39. The van der Waals surface area contributed by atoms with E-state index in [-0.39, 0.29) is 11.4 Å². The molecule has 31 heavy (non-hydrogen) atoms. The van der Waals surface area contributed by atoms with Gasteiger partial charge in [0.2, 0.25) is 5.78 Å². The van der Waals surface area contributed by atoms with Gasteiger partial charge in [0.1, 0.15) is 0 Å². The fourth-order valence-corrected chi connectivity index (χ4v) is 5.18. The normalized spacial score (nSPS) is 20.0. The highest BCUT2D eigenvalue weighted by Gasteiger charge is 2.44. The number of carbonyl (C=O) groups excluding carboxylic acids is 2. The number of Topliss-reactive ketones (excluding diaryl/α,β-unsaturated/α-hetero) is 1. The van der Waals surface area contributed by atoms with Crippen molar-refractivity contribution in [3.05, 3.63) is 67.5 Å². The average molecular weight is 481 g/mol. The number of amides is 1. The molecule has 0 spiro atoms. The molecular weight excluding hydrogens is 459 g/mol. The van der Waals surface area contributed by atoms with Crippen LogP contribution in [0, 0.1) is 0 Å². The number of carbonyl (C=O) groups is 2. The zero-order chi connectivity index (χ0) is 22.0. The van der Waals surface area contributed by atoms with Crippen LogP contribution in [-0.2, 0) is 9.53 Å². The first-order valence-electron chi connectivity index (χ1n) is 10.0. The summed E-state index contributed by atoms with van der Waals surface area (Å²) in [5.41, 5.74) is 0.623. The summed E-state index contributed by atoms with van der Waals surface area (Å²) in [6.45, 7) is 4.28. The number of aliphatic hydroxyl groups is 1. The molecule has 9 heteroatoms. The second kappa shape index (κ2) is 9.71. The maximum atomic E-state index is 13.2. The molecule has 164 valence electrons. The largest absolute Gasteiger partial charge is 0.503 e. The maximum absolute atomic E-state index is 13.2. The van der Waals surface area contributed by atoms with Crippen molar-refractivity contribution in [1.29, 1.82) is 0 Å². The van der Waals surface area contributed by atoms with Gasteiger partial charge in [-0.25, -0.2) is 0 Å². The van der Waals surface area contributed by atoms with Crippen molar-refractivity contribution in [1.82, 2.24) is 9.80 Å². The first kappa shape index (κ1) is 22.3. The molecule has 0 bridgehead atoms. The molecule has 1 atom stereocenters. The SMILES string of the molecule is O=C(C1=C(O)C(=O)N(CCCN2CCOCC2)[C@H]1c1ccc(Cl)cc1Cl)c1cccs1. The number of halogens is 2. The number of morpholine rings is 1. The second-order valence-electron chi connectivity index (χ2n) is 7.44. The van der Waals surface area contributed by atoms with Crippen LogP contribution in [0.25, 0.3) is 0 Å². The van der Waals surface area contributed by atoms with E-state index in [0.29, 0.717) is 46.7 Å². The van der Waals surface area contributed by atoms with E-state index in [1.807, 2.05) is 0 Å². The minimum Gasteiger partial charge on any atom is -0.503 e. The zero-order valence-electron chi connectivity index (χ0n) is 16.7. The predicted octanol–water partition coefficient (Wildman–Crippen LogP) is 4.36. The van der Waals surface area contributed by atoms with Crippen molar-refractivity contribution in [3.63, 3.8) is 0 Å². The van der Waals surface area contributed by atoms with Crippen molar-refractivity contribution in [2.45, 2.75) is 12.5 Å². The number of thiophene rings is 1. The quantitative estimate of drug-likeness (QED) is 0.596. The number of ether oxygens (including phenoxy) is 1. The van der Waals surface area contributed by atoms with Gasteiger partial charge in [-0.05, 0) is 35.6 Å². The molecule has 6 nitrogen and oxygen atoms in total. The van der Waals surface area contributed by atoms with Gasteiger partial charge < -0.3 is 14.7 Å². The van der Waals surface area contributed by atoms with E-state index in [1.165, 1.54) is 16.2 Å². The third kappa shape index (κ3) is 4.66. The van der Waals surface area contributed by atoms with Crippen molar-refractivity contribution in [3.8, 4) is 0 Å². The van der Waals surface area contributed by atoms with Gasteiger partial charge in [-0.2, -0.15) is 0 Å². The van der Waals surface area contributed by atoms with Crippen LogP contribution in [0.5, 0.6) is 0 Å². The zero-order valence-corrected chi connectivity index (χ0v) is 19.1. The molecule has 0 unspecified atom stereocenters. The van der Waals surface area contributed by atoms with Gasteiger partial charge >= 0.3 is 0 Å². The Labute approximate surface area is 194 Å². The lowest BCUT2D eigenvalue weighted by Gasteiger charge is -2.30. The first-order chi connectivity index (χ1) is 15.0. The van der Waals surface area contributed by atoms with Gasteiger partial charge in [0.05, 0.1) is 29.7 Å².